The van der Waals surface area contributed by atoms with Gasteiger partial charge >= 0.3 is 0 Å². The lowest BCUT2D eigenvalue weighted by Crippen LogP contribution is -2.54. The van der Waals surface area contributed by atoms with Crippen molar-refractivity contribution in [3.8, 4) is 0 Å². The smallest absolute Gasteiger partial charge is 0.221 e. The van der Waals surface area contributed by atoms with E-state index in [0.29, 0.717) is 13.0 Å². The number of hydrogen-bond donors (Lipinski definition) is 1. The van der Waals surface area contributed by atoms with Gasteiger partial charge in [-0.25, -0.2) is 0 Å². The van der Waals surface area contributed by atoms with Crippen molar-refractivity contribution >= 4 is 5.91 Å². The maximum Gasteiger partial charge on any atom is 0.221 e. The second-order valence-electron chi connectivity index (χ2n) is 5.11. The normalized spacial score (nSPS) is 24.6. The van der Waals surface area contributed by atoms with Gasteiger partial charge in [0.05, 0.1) is 18.3 Å². The molecule has 0 radical (unpaired) electrons. The van der Waals surface area contributed by atoms with Crippen LogP contribution in [0.4, 0.5) is 0 Å². The van der Waals surface area contributed by atoms with Crippen molar-refractivity contribution in [3.63, 3.8) is 0 Å². The first-order chi connectivity index (χ1) is 7.96. The SMILES string of the molecule is CNC(=O)CCN1C[C@@H](COC)OC(C)(C)C1. The summed E-state index contributed by atoms with van der Waals surface area (Å²) in [7, 11) is 3.35. The van der Waals surface area contributed by atoms with E-state index in [4.69, 9.17) is 9.47 Å². The molecule has 1 amide bonds. The molecule has 0 aliphatic carbocycles. The van der Waals surface area contributed by atoms with Crippen LogP contribution in [0.2, 0.25) is 0 Å². The summed E-state index contributed by atoms with van der Waals surface area (Å²) in [6.07, 6.45) is 0.625. The number of nitrogens with one attached hydrogen (secondary N) is 1. The first kappa shape index (κ1) is 14.4. The summed E-state index contributed by atoms with van der Waals surface area (Å²) >= 11 is 0. The highest BCUT2D eigenvalue weighted by Crippen LogP contribution is 2.21. The first-order valence-corrected chi connectivity index (χ1v) is 6.06. The van der Waals surface area contributed by atoms with Crippen molar-refractivity contribution in [1.82, 2.24) is 10.2 Å². The van der Waals surface area contributed by atoms with E-state index >= 15 is 0 Å². The van der Waals surface area contributed by atoms with Crippen LogP contribution in [0.3, 0.4) is 0 Å². The van der Waals surface area contributed by atoms with Crippen molar-refractivity contribution < 1.29 is 14.3 Å². The molecule has 0 aromatic heterocycles. The molecule has 1 N–H and O–H groups in total. The van der Waals surface area contributed by atoms with Crippen LogP contribution in [0.25, 0.3) is 0 Å². The van der Waals surface area contributed by atoms with Gasteiger partial charge in [-0.3, -0.25) is 9.69 Å². The number of carbonyl (C=O) groups excluding carboxylic acids is 1. The predicted octanol–water partition coefficient (Wildman–Crippen LogP) is 0.248. The molecule has 5 heteroatoms. The van der Waals surface area contributed by atoms with E-state index in [1.54, 1.807) is 14.2 Å². The molecule has 100 valence electrons. The van der Waals surface area contributed by atoms with Gasteiger partial charge in [-0.05, 0) is 13.8 Å². The summed E-state index contributed by atoms with van der Waals surface area (Å²) in [5.41, 5.74) is -0.176. The molecule has 1 rings (SSSR count). The highest BCUT2D eigenvalue weighted by Gasteiger charge is 2.33. The fourth-order valence-corrected chi connectivity index (χ4v) is 2.24. The van der Waals surface area contributed by atoms with Crippen LogP contribution in [-0.4, -0.2) is 62.9 Å². The van der Waals surface area contributed by atoms with Gasteiger partial charge in [0, 0.05) is 40.2 Å². The van der Waals surface area contributed by atoms with Crippen molar-refractivity contribution in [3.05, 3.63) is 0 Å². The number of carbonyl (C=O) groups is 1. The largest absolute Gasteiger partial charge is 0.382 e. The van der Waals surface area contributed by atoms with Gasteiger partial charge in [0.25, 0.3) is 0 Å². The van der Waals surface area contributed by atoms with Gasteiger partial charge in [0.2, 0.25) is 5.91 Å². The molecule has 0 unspecified atom stereocenters. The molecule has 5 nitrogen and oxygen atoms in total. The molecule has 0 saturated carbocycles. The van der Waals surface area contributed by atoms with E-state index in [9.17, 15) is 4.79 Å². The Kier molecular flexibility index (Phi) is 5.36. The van der Waals surface area contributed by atoms with Crippen LogP contribution in [0.1, 0.15) is 20.3 Å². The predicted molar refractivity (Wildman–Crippen MR) is 66.0 cm³/mol. The molecule has 0 aromatic carbocycles. The molecular weight excluding hydrogens is 220 g/mol. The first-order valence-electron chi connectivity index (χ1n) is 6.06. The molecule has 17 heavy (non-hydrogen) atoms. The molecule has 1 heterocycles. The molecule has 1 saturated heterocycles. The number of ether oxygens (including phenoxy) is 2. The molecule has 0 aromatic rings. The quantitative estimate of drug-likeness (QED) is 0.753. The second kappa shape index (κ2) is 6.33. The van der Waals surface area contributed by atoms with Crippen LogP contribution in [0.15, 0.2) is 0 Å². The Hall–Kier alpha value is -0.650. The second-order valence-corrected chi connectivity index (χ2v) is 5.11. The van der Waals surface area contributed by atoms with Crippen LogP contribution in [-0.2, 0) is 14.3 Å². The third-order valence-electron chi connectivity index (χ3n) is 2.84. The van der Waals surface area contributed by atoms with Gasteiger partial charge < -0.3 is 14.8 Å². The average molecular weight is 244 g/mol. The van der Waals surface area contributed by atoms with E-state index in [2.05, 4.69) is 24.1 Å². The van der Waals surface area contributed by atoms with E-state index in [-0.39, 0.29) is 17.6 Å². The summed E-state index contributed by atoms with van der Waals surface area (Å²) in [5.74, 6) is 0.0811. The molecule has 1 aliphatic rings. The maximum atomic E-state index is 11.2. The van der Waals surface area contributed by atoms with E-state index in [1.165, 1.54) is 0 Å². The van der Waals surface area contributed by atoms with Crippen molar-refractivity contribution in [2.45, 2.75) is 32.0 Å². The summed E-state index contributed by atoms with van der Waals surface area (Å²) < 4.78 is 11.0. The Morgan fingerprint density at radius 1 is 1.59 bits per heavy atom. The lowest BCUT2D eigenvalue weighted by molar-refractivity contribution is -0.153. The van der Waals surface area contributed by atoms with Gasteiger partial charge in [-0.2, -0.15) is 0 Å². The maximum absolute atomic E-state index is 11.2. The van der Waals surface area contributed by atoms with E-state index in [1.807, 2.05) is 0 Å². The molecular formula is C12H24N2O3. The molecule has 1 atom stereocenters. The lowest BCUT2D eigenvalue weighted by Gasteiger charge is -2.42. The Morgan fingerprint density at radius 2 is 2.29 bits per heavy atom. The number of amides is 1. The molecule has 1 aliphatic heterocycles. The molecule has 0 bridgehead atoms. The number of rotatable bonds is 5. The Labute approximate surface area is 103 Å². The third-order valence-corrected chi connectivity index (χ3v) is 2.84. The number of methoxy groups -OCH3 is 1. The zero-order chi connectivity index (χ0) is 12.9. The fourth-order valence-electron chi connectivity index (χ4n) is 2.24. The monoisotopic (exact) mass is 244 g/mol. The highest BCUT2D eigenvalue weighted by molar-refractivity contribution is 5.75. The standard InChI is InChI=1S/C12H24N2O3/c1-12(2)9-14(6-5-11(15)13-3)7-10(17-12)8-16-4/h10H,5-9H2,1-4H3,(H,13,15)/t10-/m0/s1. The third kappa shape index (κ3) is 5.02. The summed E-state index contributed by atoms with van der Waals surface area (Å²) in [4.78, 5) is 13.5. The Bertz CT molecular complexity index is 256. The van der Waals surface area contributed by atoms with Crippen molar-refractivity contribution in [1.29, 1.82) is 0 Å². The minimum atomic E-state index is -0.176. The van der Waals surface area contributed by atoms with Crippen LogP contribution >= 0.6 is 0 Å². The summed E-state index contributed by atoms with van der Waals surface area (Å²) in [6, 6.07) is 0. The number of morpholine rings is 1. The summed E-state index contributed by atoms with van der Waals surface area (Å²) in [6.45, 7) is 7.19. The van der Waals surface area contributed by atoms with Crippen molar-refractivity contribution in [2.24, 2.45) is 0 Å². The van der Waals surface area contributed by atoms with Gasteiger partial charge in [-0.15, -0.1) is 0 Å². The Morgan fingerprint density at radius 3 is 2.88 bits per heavy atom. The van der Waals surface area contributed by atoms with Crippen LogP contribution in [0.5, 0.6) is 0 Å². The summed E-state index contributed by atoms with van der Waals surface area (Å²) in [5, 5.41) is 2.64. The lowest BCUT2D eigenvalue weighted by atomic mass is 10.1. The fraction of sp³-hybridized carbons (Fsp3) is 0.917. The van der Waals surface area contributed by atoms with Crippen LogP contribution < -0.4 is 5.32 Å². The zero-order valence-electron chi connectivity index (χ0n) is 11.3. The number of nitrogens with zero attached hydrogens (tertiary/aromatic N) is 1. The molecule has 0 spiro atoms. The van der Waals surface area contributed by atoms with Gasteiger partial charge in [0.15, 0.2) is 0 Å². The van der Waals surface area contributed by atoms with E-state index in [0.717, 1.165) is 19.6 Å². The van der Waals surface area contributed by atoms with E-state index < -0.39 is 0 Å². The molecule has 1 fully saturated rings. The Balaban J connectivity index is 2.45. The topological polar surface area (TPSA) is 50.8 Å². The highest BCUT2D eigenvalue weighted by atomic mass is 16.5. The number of hydrogen-bond acceptors (Lipinski definition) is 4. The van der Waals surface area contributed by atoms with Gasteiger partial charge in [-0.1, -0.05) is 0 Å². The van der Waals surface area contributed by atoms with Crippen molar-refractivity contribution in [2.75, 3.05) is 40.4 Å². The zero-order valence-corrected chi connectivity index (χ0v) is 11.3. The minimum absolute atomic E-state index is 0.0811. The average Bonchev–Trinajstić information content (AvgIpc) is 2.24. The minimum Gasteiger partial charge on any atom is -0.382 e. The van der Waals surface area contributed by atoms with Crippen LogP contribution in [0, 0.1) is 0 Å². The van der Waals surface area contributed by atoms with Gasteiger partial charge in [0.1, 0.15) is 0 Å².